The van der Waals surface area contributed by atoms with Crippen molar-refractivity contribution < 1.29 is 37.4 Å². The molecule has 7 nitrogen and oxygen atoms in total. The SMILES string of the molecule is COc1cc(Br)ccc1C(C)(C)CC(O)(C(=O)Nc1ccc2c(c1)C(C)=NOC2C=O)C(F)(F)F. The number of hydrogen-bond donors (Lipinski definition) is 2. The third kappa shape index (κ3) is 5.20. The number of rotatable bonds is 7. The molecule has 188 valence electrons. The van der Waals surface area contributed by atoms with Crippen LogP contribution in [0.1, 0.15) is 50.0 Å². The van der Waals surface area contributed by atoms with E-state index in [0.29, 0.717) is 38.9 Å². The third-order valence-corrected chi connectivity index (χ3v) is 6.36. The van der Waals surface area contributed by atoms with Crippen molar-refractivity contribution in [3.63, 3.8) is 0 Å². The molecule has 1 aliphatic rings. The van der Waals surface area contributed by atoms with Crippen molar-refractivity contribution in [3.8, 4) is 5.75 Å². The highest BCUT2D eigenvalue weighted by molar-refractivity contribution is 9.10. The lowest BCUT2D eigenvalue weighted by Gasteiger charge is -2.37. The number of oxime groups is 1. The molecule has 2 atom stereocenters. The minimum atomic E-state index is -5.28. The number of fused-ring (bicyclic) bond motifs is 1. The molecule has 0 aliphatic carbocycles. The minimum absolute atomic E-state index is 0.00319. The van der Waals surface area contributed by atoms with Crippen LogP contribution in [0.4, 0.5) is 18.9 Å². The summed E-state index contributed by atoms with van der Waals surface area (Å²) in [6.45, 7) is 4.56. The van der Waals surface area contributed by atoms with Crippen molar-refractivity contribution in [2.75, 3.05) is 12.4 Å². The molecule has 2 unspecified atom stereocenters. The van der Waals surface area contributed by atoms with Gasteiger partial charge in [0.1, 0.15) is 5.75 Å². The van der Waals surface area contributed by atoms with Crippen LogP contribution in [0.3, 0.4) is 0 Å². The molecule has 0 saturated carbocycles. The highest BCUT2D eigenvalue weighted by Gasteiger charge is 2.61. The summed E-state index contributed by atoms with van der Waals surface area (Å²) < 4.78 is 48.4. The van der Waals surface area contributed by atoms with Crippen LogP contribution in [0, 0.1) is 0 Å². The number of methoxy groups -OCH3 is 1. The summed E-state index contributed by atoms with van der Waals surface area (Å²) in [5, 5.41) is 16.7. The van der Waals surface area contributed by atoms with Crippen molar-refractivity contribution in [2.45, 2.75) is 50.5 Å². The predicted octanol–water partition coefficient (Wildman–Crippen LogP) is 5.05. The molecule has 1 amide bonds. The van der Waals surface area contributed by atoms with Crippen LogP contribution >= 0.6 is 15.9 Å². The van der Waals surface area contributed by atoms with E-state index < -0.39 is 35.6 Å². The number of benzene rings is 2. The number of hydrogen-bond acceptors (Lipinski definition) is 6. The Morgan fingerprint density at radius 1 is 1.26 bits per heavy atom. The first-order chi connectivity index (χ1) is 16.2. The van der Waals surface area contributed by atoms with Gasteiger partial charge in [-0.15, -0.1) is 0 Å². The molecular formula is C24H24BrF3N2O5. The largest absolute Gasteiger partial charge is 0.496 e. The summed E-state index contributed by atoms with van der Waals surface area (Å²) >= 11 is 3.29. The zero-order valence-corrected chi connectivity index (χ0v) is 21.0. The fourth-order valence-corrected chi connectivity index (χ4v) is 4.38. The lowest BCUT2D eigenvalue weighted by molar-refractivity contribution is -0.254. The molecule has 1 aliphatic heterocycles. The van der Waals surface area contributed by atoms with Gasteiger partial charge in [-0.1, -0.05) is 47.1 Å². The Morgan fingerprint density at radius 3 is 2.54 bits per heavy atom. The zero-order valence-electron chi connectivity index (χ0n) is 19.4. The molecule has 1 heterocycles. The summed E-state index contributed by atoms with van der Waals surface area (Å²) in [5.41, 5.74) is -3.38. The maximum absolute atomic E-state index is 14.2. The highest BCUT2D eigenvalue weighted by Crippen LogP contribution is 2.44. The van der Waals surface area contributed by atoms with Crippen LogP contribution < -0.4 is 10.1 Å². The zero-order chi connectivity index (χ0) is 26.2. The number of nitrogens with zero attached hydrogens (tertiary/aromatic N) is 1. The number of ether oxygens (including phenoxy) is 1. The first-order valence-corrected chi connectivity index (χ1v) is 11.3. The molecule has 0 spiro atoms. The van der Waals surface area contributed by atoms with E-state index in [1.54, 1.807) is 25.1 Å². The number of aliphatic hydroxyl groups is 1. The molecule has 11 heteroatoms. The molecule has 0 aromatic heterocycles. The van der Waals surface area contributed by atoms with Gasteiger partial charge in [0.25, 0.3) is 5.91 Å². The Labute approximate surface area is 208 Å². The van der Waals surface area contributed by atoms with Crippen molar-refractivity contribution >= 4 is 39.5 Å². The number of amides is 1. The van der Waals surface area contributed by atoms with Crippen LogP contribution in [-0.2, 0) is 19.8 Å². The average molecular weight is 557 g/mol. The van der Waals surface area contributed by atoms with Gasteiger partial charge < -0.3 is 20.0 Å². The monoisotopic (exact) mass is 556 g/mol. The van der Waals surface area contributed by atoms with Crippen molar-refractivity contribution in [2.24, 2.45) is 5.16 Å². The van der Waals surface area contributed by atoms with Gasteiger partial charge in [0.2, 0.25) is 11.7 Å². The summed E-state index contributed by atoms with van der Waals surface area (Å²) in [6, 6.07) is 8.97. The van der Waals surface area contributed by atoms with Crippen LogP contribution in [0.5, 0.6) is 5.75 Å². The molecule has 2 aromatic carbocycles. The Balaban J connectivity index is 1.95. The number of alkyl halides is 3. The second-order valence-corrected chi connectivity index (χ2v) is 9.77. The number of anilines is 1. The summed E-state index contributed by atoms with van der Waals surface area (Å²) in [5.74, 6) is -1.33. The molecule has 2 aromatic rings. The van der Waals surface area contributed by atoms with E-state index in [0.717, 1.165) is 0 Å². The Morgan fingerprint density at radius 2 is 1.94 bits per heavy atom. The lowest BCUT2D eigenvalue weighted by atomic mass is 9.74. The molecular weight excluding hydrogens is 533 g/mol. The molecule has 2 N–H and O–H groups in total. The molecule has 0 radical (unpaired) electrons. The van der Waals surface area contributed by atoms with Crippen molar-refractivity contribution in [1.82, 2.24) is 0 Å². The average Bonchev–Trinajstić information content (AvgIpc) is 2.78. The summed E-state index contributed by atoms with van der Waals surface area (Å²) in [7, 11) is 1.38. The van der Waals surface area contributed by atoms with Gasteiger partial charge >= 0.3 is 6.18 Å². The molecule has 0 bridgehead atoms. The minimum Gasteiger partial charge on any atom is -0.496 e. The van der Waals surface area contributed by atoms with E-state index in [-0.39, 0.29) is 5.69 Å². The molecule has 0 saturated heterocycles. The quantitative estimate of drug-likeness (QED) is 0.465. The van der Waals surface area contributed by atoms with E-state index >= 15 is 0 Å². The molecule has 35 heavy (non-hydrogen) atoms. The van der Waals surface area contributed by atoms with Gasteiger partial charge in [-0.05, 0) is 42.2 Å². The topological polar surface area (TPSA) is 97.2 Å². The summed E-state index contributed by atoms with van der Waals surface area (Å²) in [6.07, 6.45) is -6.68. The number of aldehydes is 1. The van der Waals surface area contributed by atoms with Gasteiger partial charge in [0, 0.05) is 27.7 Å². The molecule has 3 rings (SSSR count). The van der Waals surface area contributed by atoms with Crippen LogP contribution in [0.15, 0.2) is 46.0 Å². The van der Waals surface area contributed by atoms with Crippen molar-refractivity contribution in [1.29, 1.82) is 0 Å². The van der Waals surface area contributed by atoms with Crippen molar-refractivity contribution in [3.05, 3.63) is 57.6 Å². The Bertz CT molecular complexity index is 1180. The van der Waals surface area contributed by atoms with Gasteiger partial charge in [-0.25, -0.2) is 0 Å². The number of halogens is 4. The van der Waals surface area contributed by atoms with E-state index in [4.69, 9.17) is 9.57 Å². The van der Waals surface area contributed by atoms with E-state index in [2.05, 4.69) is 26.4 Å². The van der Waals surface area contributed by atoms with Crippen LogP contribution in [0.2, 0.25) is 0 Å². The van der Waals surface area contributed by atoms with Crippen LogP contribution in [0.25, 0.3) is 0 Å². The maximum atomic E-state index is 14.2. The fourth-order valence-electron chi connectivity index (χ4n) is 4.04. The number of carbonyl (C=O) groups excluding carboxylic acids is 2. The first kappa shape index (κ1) is 26.7. The second kappa shape index (κ2) is 9.62. The fraction of sp³-hybridized carbons (Fsp3) is 0.375. The van der Waals surface area contributed by atoms with Gasteiger partial charge in [0.15, 0.2) is 6.29 Å². The third-order valence-electron chi connectivity index (χ3n) is 5.87. The standard InChI is InChI=1S/C24H24BrF3N2O5/c1-13-17-10-15(6-7-16(17)20(11-31)35-30-13)29-21(32)23(33,24(26,27)28)12-22(2,3)18-8-5-14(25)9-19(18)34-4/h5-11,20,33H,12H2,1-4H3,(H,29,32). The van der Waals surface area contributed by atoms with E-state index in [1.165, 1.54) is 39.2 Å². The Kier molecular flexibility index (Phi) is 7.33. The maximum Gasteiger partial charge on any atom is 0.426 e. The smallest absolute Gasteiger partial charge is 0.426 e. The Hall–Kier alpha value is -2.92. The highest BCUT2D eigenvalue weighted by atomic mass is 79.9. The van der Waals surface area contributed by atoms with E-state index in [1.807, 2.05) is 0 Å². The summed E-state index contributed by atoms with van der Waals surface area (Å²) in [4.78, 5) is 29.2. The second-order valence-electron chi connectivity index (χ2n) is 8.86. The lowest BCUT2D eigenvalue weighted by Crippen LogP contribution is -2.57. The van der Waals surface area contributed by atoms with Gasteiger partial charge in [-0.2, -0.15) is 13.2 Å². The van der Waals surface area contributed by atoms with Gasteiger partial charge in [0.05, 0.1) is 12.8 Å². The normalized spacial score (nSPS) is 17.4. The van der Waals surface area contributed by atoms with Crippen LogP contribution in [-0.4, -0.2) is 41.9 Å². The van der Waals surface area contributed by atoms with E-state index in [9.17, 15) is 27.9 Å². The number of carbonyl (C=O) groups is 2. The van der Waals surface area contributed by atoms with Gasteiger partial charge in [-0.3, -0.25) is 9.59 Å². The molecule has 0 fully saturated rings. The first-order valence-electron chi connectivity index (χ1n) is 10.5. The number of nitrogens with one attached hydrogen (secondary N) is 1. The predicted molar refractivity (Wildman–Crippen MR) is 127 cm³/mol.